The maximum Gasteiger partial charge on any atom is 0.251 e. The SMILES string of the molecule is Cc1ccc(OC(C)CNC(=O)c2ccc(CN)cc2)cc1.Cl. The van der Waals surface area contributed by atoms with Crippen molar-refractivity contribution in [2.24, 2.45) is 5.73 Å². The summed E-state index contributed by atoms with van der Waals surface area (Å²) in [6, 6.07) is 15.1. The van der Waals surface area contributed by atoms with Gasteiger partial charge in [-0.1, -0.05) is 29.8 Å². The van der Waals surface area contributed by atoms with E-state index in [0.29, 0.717) is 18.7 Å². The fourth-order valence-corrected chi connectivity index (χ4v) is 2.02. The number of halogens is 1. The number of carbonyl (C=O) groups excluding carboxylic acids is 1. The number of aryl methyl sites for hydroxylation is 1. The van der Waals surface area contributed by atoms with Crippen molar-refractivity contribution in [2.75, 3.05) is 6.54 Å². The van der Waals surface area contributed by atoms with Gasteiger partial charge < -0.3 is 15.8 Å². The van der Waals surface area contributed by atoms with Gasteiger partial charge in [0.15, 0.2) is 0 Å². The van der Waals surface area contributed by atoms with Gasteiger partial charge in [-0.3, -0.25) is 4.79 Å². The van der Waals surface area contributed by atoms with Gasteiger partial charge in [-0.05, 0) is 43.7 Å². The molecule has 1 unspecified atom stereocenters. The molecule has 1 amide bonds. The van der Waals surface area contributed by atoms with Gasteiger partial charge in [0.05, 0.1) is 6.54 Å². The van der Waals surface area contributed by atoms with Crippen LogP contribution in [0.5, 0.6) is 5.75 Å². The zero-order chi connectivity index (χ0) is 15.9. The first-order chi connectivity index (χ1) is 10.6. The molecule has 23 heavy (non-hydrogen) atoms. The van der Waals surface area contributed by atoms with Crippen LogP contribution < -0.4 is 15.8 Å². The highest BCUT2D eigenvalue weighted by Gasteiger charge is 2.09. The minimum absolute atomic E-state index is 0. The van der Waals surface area contributed by atoms with Crippen LogP contribution in [0.15, 0.2) is 48.5 Å². The Hall–Kier alpha value is -2.04. The zero-order valence-electron chi connectivity index (χ0n) is 13.4. The molecule has 0 fully saturated rings. The van der Waals surface area contributed by atoms with Crippen molar-refractivity contribution in [3.63, 3.8) is 0 Å². The molecule has 0 radical (unpaired) electrons. The van der Waals surface area contributed by atoms with Crippen LogP contribution in [0.4, 0.5) is 0 Å². The van der Waals surface area contributed by atoms with Gasteiger partial charge in [0, 0.05) is 12.1 Å². The number of ether oxygens (including phenoxy) is 1. The van der Waals surface area contributed by atoms with Crippen molar-refractivity contribution < 1.29 is 9.53 Å². The third-order valence-electron chi connectivity index (χ3n) is 3.36. The smallest absolute Gasteiger partial charge is 0.251 e. The molecule has 124 valence electrons. The number of carbonyl (C=O) groups is 1. The summed E-state index contributed by atoms with van der Waals surface area (Å²) < 4.78 is 5.76. The summed E-state index contributed by atoms with van der Waals surface area (Å²) >= 11 is 0. The predicted octanol–water partition coefficient (Wildman–Crippen LogP) is 3.07. The minimum atomic E-state index is -0.108. The quantitative estimate of drug-likeness (QED) is 0.853. The Morgan fingerprint density at radius 3 is 2.30 bits per heavy atom. The van der Waals surface area contributed by atoms with E-state index in [1.54, 1.807) is 12.1 Å². The van der Waals surface area contributed by atoms with Gasteiger partial charge in [-0.15, -0.1) is 12.4 Å². The number of hydrogen-bond donors (Lipinski definition) is 2. The Labute approximate surface area is 143 Å². The molecule has 0 aliphatic carbocycles. The summed E-state index contributed by atoms with van der Waals surface area (Å²) in [7, 11) is 0. The molecule has 5 heteroatoms. The Morgan fingerprint density at radius 1 is 1.13 bits per heavy atom. The van der Waals surface area contributed by atoms with Crippen molar-refractivity contribution in [3.05, 3.63) is 65.2 Å². The first-order valence-corrected chi connectivity index (χ1v) is 7.39. The molecule has 4 nitrogen and oxygen atoms in total. The van der Waals surface area contributed by atoms with E-state index in [2.05, 4.69) is 5.32 Å². The fourth-order valence-electron chi connectivity index (χ4n) is 2.02. The van der Waals surface area contributed by atoms with Crippen molar-refractivity contribution >= 4 is 18.3 Å². The lowest BCUT2D eigenvalue weighted by atomic mass is 10.1. The number of nitrogens with two attached hydrogens (primary N) is 1. The minimum Gasteiger partial charge on any atom is -0.489 e. The Balaban J connectivity index is 0.00000264. The average Bonchev–Trinajstić information content (AvgIpc) is 2.55. The van der Waals surface area contributed by atoms with Crippen molar-refractivity contribution in [2.45, 2.75) is 26.5 Å². The number of benzene rings is 2. The summed E-state index contributed by atoms with van der Waals surface area (Å²) in [6.45, 7) is 4.88. The van der Waals surface area contributed by atoms with Gasteiger partial charge in [0.2, 0.25) is 0 Å². The molecule has 0 saturated carbocycles. The van der Waals surface area contributed by atoms with E-state index in [9.17, 15) is 4.79 Å². The molecule has 0 aliphatic rings. The average molecular weight is 335 g/mol. The standard InChI is InChI=1S/C18H22N2O2.ClH/c1-13-3-9-17(10-4-13)22-14(2)12-20-18(21)16-7-5-15(11-19)6-8-16;/h3-10,14H,11-12,19H2,1-2H3,(H,20,21);1H. The molecule has 0 aromatic heterocycles. The van der Waals surface area contributed by atoms with Gasteiger partial charge in [-0.2, -0.15) is 0 Å². The van der Waals surface area contributed by atoms with E-state index in [1.807, 2.05) is 50.2 Å². The van der Waals surface area contributed by atoms with Crippen LogP contribution in [0.25, 0.3) is 0 Å². The monoisotopic (exact) mass is 334 g/mol. The summed E-state index contributed by atoms with van der Waals surface area (Å²) in [4.78, 5) is 12.0. The molecule has 2 aromatic rings. The van der Waals surface area contributed by atoms with Crippen molar-refractivity contribution in [1.29, 1.82) is 0 Å². The Morgan fingerprint density at radius 2 is 1.74 bits per heavy atom. The second-order valence-electron chi connectivity index (χ2n) is 5.35. The van der Waals surface area contributed by atoms with Crippen molar-refractivity contribution in [1.82, 2.24) is 5.32 Å². The summed E-state index contributed by atoms with van der Waals surface area (Å²) in [6.07, 6.45) is -0.102. The molecule has 0 heterocycles. The fraction of sp³-hybridized carbons (Fsp3) is 0.278. The summed E-state index contributed by atoms with van der Waals surface area (Å²) in [5, 5.41) is 2.87. The highest BCUT2D eigenvalue weighted by Crippen LogP contribution is 2.13. The molecule has 0 saturated heterocycles. The zero-order valence-corrected chi connectivity index (χ0v) is 14.2. The van der Waals surface area contributed by atoms with E-state index < -0.39 is 0 Å². The van der Waals surface area contributed by atoms with Crippen molar-refractivity contribution in [3.8, 4) is 5.75 Å². The van der Waals surface area contributed by atoms with E-state index in [0.717, 1.165) is 11.3 Å². The van der Waals surface area contributed by atoms with E-state index >= 15 is 0 Å². The van der Waals surface area contributed by atoms with E-state index in [1.165, 1.54) is 5.56 Å². The predicted molar refractivity (Wildman–Crippen MR) is 95.2 cm³/mol. The molecule has 0 spiro atoms. The maximum atomic E-state index is 12.0. The third kappa shape index (κ3) is 5.93. The second kappa shape index (κ2) is 9.18. The number of rotatable bonds is 6. The number of hydrogen-bond acceptors (Lipinski definition) is 3. The van der Waals surface area contributed by atoms with Gasteiger partial charge in [0.1, 0.15) is 11.9 Å². The maximum absolute atomic E-state index is 12.0. The highest BCUT2D eigenvalue weighted by atomic mass is 35.5. The molecule has 3 N–H and O–H groups in total. The molecule has 1 atom stereocenters. The van der Waals surface area contributed by atoms with Crippen LogP contribution >= 0.6 is 12.4 Å². The van der Waals surface area contributed by atoms with Crippen LogP contribution in [0.2, 0.25) is 0 Å². The Bertz CT molecular complexity index is 612. The number of amides is 1. The molecular weight excluding hydrogens is 312 g/mol. The molecular formula is C18H23ClN2O2. The first-order valence-electron chi connectivity index (χ1n) is 7.39. The molecule has 2 aromatic carbocycles. The lowest BCUT2D eigenvalue weighted by Gasteiger charge is -2.15. The number of nitrogens with one attached hydrogen (secondary N) is 1. The van der Waals surface area contributed by atoms with Crippen LogP contribution in [0.1, 0.15) is 28.4 Å². The summed E-state index contributed by atoms with van der Waals surface area (Å²) in [5.74, 6) is 0.697. The van der Waals surface area contributed by atoms with E-state index in [4.69, 9.17) is 10.5 Å². The Kier molecular flexibility index (Phi) is 7.59. The van der Waals surface area contributed by atoms with Crippen LogP contribution in [0, 0.1) is 6.92 Å². The molecule has 2 rings (SSSR count). The normalized spacial score (nSPS) is 11.3. The lowest BCUT2D eigenvalue weighted by Crippen LogP contribution is -2.33. The van der Waals surface area contributed by atoms with Crippen LogP contribution in [0.3, 0.4) is 0 Å². The first kappa shape index (κ1) is 19.0. The topological polar surface area (TPSA) is 64.3 Å². The highest BCUT2D eigenvalue weighted by molar-refractivity contribution is 5.94. The lowest BCUT2D eigenvalue weighted by molar-refractivity contribution is 0.0932. The van der Waals surface area contributed by atoms with E-state index in [-0.39, 0.29) is 24.4 Å². The second-order valence-corrected chi connectivity index (χ2v) is 5.35. The molecule has 0 bridgehead atoms. The van der Waals surface area contributed by atoms with Gasteiger partial charge in [-0.25, -0.2) is 0 Å². The third-order valence-corrected chi connectivity index (χ3v) is 3.36. The van der Waals surface area contributed by atoms with Crippen LogP contribution in [-0.2, 0) is 6.54 Å². The van der Waals surface area contributed by atoms with Gasteiger partial charge >= 0.3 is 0 Å². The largest absolute Gasteiger partial charge is 0.489 e. The molecule has 0 aliphatic heterocycles. The summed E-state index contributed by atoms with van der Waals surface area (Å²) in [5.41, 5.74) is 8.36. The van der Waals surface area contributed by atoms with Crippen LogP contribution in [-0.4, -0.2) is 18.6 Å². The van der Waals surface area contributed by atoms with Gasteiger partial charge in [0.25, 0.3) is 5.91 Å².